The van der Waals surface area contributed by atoms with E-state index in [-0.39, 0.29) is 10.8 Å². The highest BCUT2D eigenvalue weighted by Crippen LogP contribution is 2.42. The summed E-state index contributed by atoms with van der Waals surface area (Å²) in [5.74, 6) is 4.04. The molecule has 2 aromatic rings. The van der Waals surface area contributed by atoms with Gasteiger partial charge in [0.05, 0.1) is 6.61 Å². The first-order chi connectivity index (χ1) is 18.5. The molecule has 0 unspecified atom stereocenters. The standard InChI is InChI=1S/C35H50ClFO/c1-3-4-5-6-25-38-33-24-23-32(35(37)34(33)36)22-17-28-12-9-27(10-13-28)11-14-29-15-20-31(21-16-29)30-18-7-26(2)8-19-30/h9-10,12-13,23-24,26,29-31H,3-8,11,14-22,25H2,1-2H3. The van der Waals surface area contributed by atoms with Crippen LogP contribution in [0.5, 0.6) is 5.75 Å². The van der Waals surface area contributed by atoms with Crippen molar-refractivity contribution in [3.63, 3.8) is 0 Å². The molecule has 0 aromatic heterocycles. The number of unbranched alkanes of at least 4 members (excludes halogenated alkanes) is 3. The normalized spacial score (nSPS) is 23.9. The predicted molar refractivity (Wildman–Crippen MR) is 160 cm³/mol. The summed E-state index contributed by atoms with van der Waals surface area (Å²) in [7, 11) is 0. The lowest BCUT2D eigenvalue weighted by Gasteiger charge is -2.37. The Morgan fingerprint density at radius 2 is 1.39 bits per heavy atom. The van der Waals surface area contributed by atoms with Crippen molar-refractivity contribution in [1.29, 1.82) is 0 Å². The highest BCUT2D eigenvalue weighted by atomic mass is 35.5. The van der Waals surface area contributed by atoms with Gasteiger partial charge in [0, 0.05) is 0 Å². The minimum absolute atomic E-state index is 0.121. The summed E-state index contributed by atoms with van der Waals surface area (Å²) in [5.41, 5.74) is 3.35. The fourth-order valence-corrected chi connectivity index (χ4v) is 7.05. The lowest BCUT2D eigenvalue weighted by Crippen LogP contribution is -2.25. The van der Waals surface area contributed by atoms with Gasteiger partial charge >= 0.3 is 0 Å². The fraction of sp³-hybridized carbons (Fsp3) is 0.657. The molecule has 2 fully saturated rings. The molecular formula is C35H50ClFO. The van der Waals surface area contributed by atoms with Crippen LogP contribution in [0.3, 0.4) is 0 Å². The van der Waals surface area contributed by atoms with Crippen molar-refractivity contribution >= 4 is 11.6 Å². The van der Waals surface area contributed by atoms with Crippen molar-refractivity contribution in [2.45, 2.75) is 117 Å². The van der Waals surface area contributed by atoms with E-state index in [1.54, 1.807) is 0 Å². The molecule has 0 radical (unpaired) electrons. The smallest absolute Gasteiger partial charge is 0.148 e. The van der Waals surface area contributed by atoms with E-state index in [1.165, 1.54) is 88.2 Å². The zero-order chi connectivity index (χ0) is 26.7. The lowest BCUT2D eigenvalue weighted by molar-refractivity contribution is 0.148. The first kappa shape index (κ1) is 29.4. The van der Waals surface area contributed by atoms with Crippen LogP contribution >= 0.6 is 11.6 Å². The summed E-state index contributed by atoms with van der Waals surface area (Å²) in [6.07, 6.45) is 20.2. The average molecular weight is 541 g/mol. The molecule has 4 rings (SSSR count). The molecule has 0 bridgehead atoms. The number of halogens is 2. The van der Waals surface area contributed by atoms with Crippen LogP contribution in [-0.2, 0) is 19.3 Å². The minimum atomic E-state index is -0.331. The molecule has 2 saturated carbocycles. The predicted octanol–water partition coefficient (Wildman–Crippen LogP) is 10.8. The summed E-state index contributed by atoms with van der Waals surface area (Å²) in [6, 6.07) is 12.7. The minimum Gasteiger partial charge on any atom is -0.492 e. The van der Waals surface area contributed by atoms with Gasteiger partial charge in [-0.3, -0.25) is 0 Å². The van der Waals surface area contributed by atoms with Crippen LogP contribution in [-0.4, -0.2) is 6.61 Å². The molecule has 0 spiro atoms. The Morgan fingerprint density at radius 3 is 2.05 bits per heavy atom. The van der Waals surface area contributed by atoms with Crippen molar-refractivity contribution in [2.75, 3.05) is 6.61 Å². The molecule has 210 valence electrons. The van der Waals surface area contributed by atoms with Crippen LogP contribution < -0.4 is 4.74 Å². The number of rotatable bonds is 13. The van der Waals surface area contributed by atoms with E-state index in [2.05, 4.69) is 38.1 Å². The van der Waals surface area contributed by atoms with E-state index in [0.29, 0.717) is 24.3 Å². The summed E-state index contributed by atoms with van der Waals surface area (Å²) < 4.78 is 20.6. The third-order valence-corrected chi connectivity index (χ3v) is 9.90. The van der Waals surface area contributed by atoms with E-state index in [1.807, 2.05) is 12.1 Å². The Hall–Kier alpha value is -1.54. The van der Waals surface area contributed by atoms with E-state index in [9.17, 15) is 4.39 Å². The second-order valence-corrected chi connectivity index (χ2v) is 12.8. The zero-order valence-corrected chi connectivity index (χ0v) is 24.7. The Bertz CT molecular complexity index is 955. The highest BCUT2D eigenvalue weighted by molar-refractivity contribution is 6.32. The van der Waals surface area contributed by atoms with Gasteiger partial charge in [0.25, 0.3) is 0 Å². The zero-order valence-electron chi connectivity index (χ0n) is 24.0. The van der Waals surface area contributed by atoms with Crippen LogP contribution in [0.15, 0.2) is 36.4 Å². The molecule has 0 atom stereocenters. The highest BCUT2D eigenvalue weighted by Gasteiger charge is 2.29. The van der Waals surface area contributed by atoms with Crippen LogP contribution in [0.4, 0.5) is 4.39 Å². The Labute approximate surface area is 236 Å². The molecule has 0 heterocycles. The molecule has 0 saturated heterocycles. The maximum Gasteiger partial charge on any atom is 0.148 e. The van der Waals surface area contributed by atoms with E-state index in [4.69, 9.17) is 16.3 Å². The summed E-state index contributed by atoms with van der Waals surface area (Å²) in [4.78, 5) is 0. The summed E-state index contributed by atoms with van der Waals surface area (Å²) >= 11 is 6.29. The number of benzene rings is 2. The molecule has 0 amide bonds. The number of ether oxygens (including phenoxy) is 1. The fourth-order valence-electron chi connectivity index (χ4n) is 6.82. The van der Waals surface area contributed by atoms with Gasteiger partial charge in [0.15, 0.2) is 0 Å². The van der Waals surface area contributed by atoms with Crippen LogP contribution in [0.25, 0.3) is 0 Å². The largest absolute Gasteiger partial charge is 0.492 e. The van der Waals surface area contributed by atoms with Gasteiger partial charge in [0.1, 0.15) is 16.6 Å². The summed E-state index contributed by atoms with van der Waals surface area (Å²) in [5, 5.41) is 0.121. The third kappa shape index (κ3) is 8.73. The molecule has 0 aliphatic heterocycles. The number of hydrogen-bond acceptors (Lipinski definition) is 1. The van der Waals surface area contributed by atoms with E-state index in [0.717, 1.165) is 42.9 Å². The van der Waals surface area contributed by atoms with E-state index >= 15 is 0 Å². The molecule has 3 heteroatoms. The van der Waals surface area contributed by atoms with Crippen LogP contribution in [0, 0.1) is 29.5 Å². The van der Waals surface area contributed by atoms with Gasteiger partial charge in [-0.25, -0.2) is 4.39 Å². The first-order valence-corrected chi connectivity index (χ1v) is 16.1. The monoisotopic (exact) mass is 540 g/mol. The van der Waals surface area contributed by atoms with Crippen molar-refractivity contribution in [2.24, 2.45) is 23.7 Å². The molecule has 0 N–H and O–H groups in total. The van der Waals surface area contributed by atoms with Crippen LogP contribution in [0.1, 0.15) is 114 Å². The Morgan fingerprint density at radius 1 is 0.763 bits per heavy atom. The number of hydrogen-bond donors (Lipinski definition) is 0. The maximum atomic E-state index is 14.9. The Kier molecular flexibility index (Phi) is 11.9. The van der Waals surface area contributed by atoms with Crippen molar-refractivity contribution in [3.8, 4) is 5.75 Å². The van der Waals surface area contributed by atoms with Gasteiger partial charge in [-0.15, -0.1) is 0 Å². The van der Waals surface area contributed by atoms with Gasteiger partial charge in [-0.05, 0) is 104 Å². The molecule has 1 nitrogen and oxygen atoms in total. The summed E-state index contributed by atoms with van der Waals surface area (Å²) in [6.45, 7) is 5.20. The molecular weight excluding hydrogens is 491 g/mol. The van der Waals surface area contributed by atoms with Crippen molar-refractivity contribution in [3.05, 3.63) is 63.9 Å². The molecule has 2 aliphatic rings. The molecule has 2 aliphatic carbocycles. The molecule has 38 heavy (non-hydrogen) atoms. The van der Waals surface area contributed by atoms with E-state index < -0.39 is 0 Å². The number of aryl methyl sites for hydroxylation is 3. The maximum absolute atomic E-state index is 14.9. The van der Waals surface area contributed by atoms with Gasteiger partial charge in [-0.2, -0.15) is 0 Å². The van der Waals surface area contributed by atoms with Crippen LogP contribution in [0.2, 0.25) is 5.02 Å². The average Bonchev–Trinajstić information content (AvgIpc) is 2.95. The topological polar surface area (TPSA) is 9.23 Å². The lowest BCUT2D eigenvalue weighted by atomic mass is 9.69. The quantitative estimate of drug-likeness (QED) is 0.229. The first-order valence-electron chi connectivity index (χ1n) is 15.7. The van der Waals surface area contributed by atoms with Gasteiger partial charge in [0.2, 0.25) is 0 Å². The SMILES string of the molecule is CCCCCCOc1ccc(CCc2ccc(CCC3CCC(C4CCC(C)CC4)CC3)cc2)c(F)c1Cl. The second kappa shape index (κ2) is 15.3. The molecule has 2 aromatic carbocycles. The van der Waals surface area contributed by atoms with Gasteiger partial charge in [-0.1, -0.05) is 101 Å². The van der Waals surface area contributed by atoms with Gasteiger partial charge < -0.3 is 4.74 Å². The van der Waals surface area contributed by atoms with Crippen molar-refractivity contribution in [1.82, 2.24) is 0 Å². The third-order valence-electron chi connectivity index (χ3n) is 9.55. The second-order valence-electron chi connectivity index (χ2n) is 12.4. The van der Waals surface area contributed by atoms with Crippen molar-refractivity contribution < 1.29 is 9.13 Å². The Balaban J connectivity index is 1.17.